The predicted molar refractivity (Wildman–Crippen MR) is 90.6 cm³/mol. The lowest BCUT2D eigenvalue weighted by Crippen LogP contribution is -2.49. The number of piperazine rings is 1. The Hall–Kier alpha value is -2.61. The van der Waals surface area contributed by atoms with Gasteiger partial charge in [0.15, 0.2) is 5.96 Å². The molecule has 8 heteroatoms. The van der Waals surface area contributed by atoms with Crippen molar-refractivity contribution in [3.8, 4) is 0 Å². The lowest BCUT2D eigenvalue weighted by Gasteiger charge is -2.26. The number of hydrogen-bond donors (Lipinski definition) is 3. The van der Waals surface area contributed by atoms with Crippen LogP contribution in [0.2, 0.25) is 0 Å². The van der Waals surface area contributed by atoms with Gasteiger partial charge in [0.2, 0.25) is 5.91 Å². The molecule has 0 aliphatic carbocycles. The molecule has 1 aromatic rings. The summed E-state index contributed by atoms with van der Waals surface area (Å²) in [4.78, 5) is 29.5. The first kappa shape index (κ1) is 17.7. The van der Waals surface area contributed by atoms with Gasteiger partial charge in [0.05, 0.1) is 19.7 Å². The molecule has 0 saturated carbocycles. The highest BCUT2D eigenvalue weighted by Gasteiger charge is 2.21. The minimum absolute atomic E-state index is 0.106. The van der Waals surface area contributed by atoms with Crippen LogP contribution < -0.4 is 16.4 Å². The lowest BCUT2D eigenvalue weighted by atomic mass is 10.1. The van der Waals surface area contributed by atoms with E-state index in [2.05, 4.69) is 15.6 Å². The molecule has 0 bridgehead atoms. The molecule has 2 amide bonds. The first-order valence-corrected chi connectivity index (χ1v) is 7.78. The number of hydrogen-bond acceptors (Lipinski definition) is 4. The molecule has 0 spiro atoms. The van der Waals surface area contributed by atoms with E-state index in [-0.39, 0.29) is 18.4 Å². The number of carbonyl (C=O) groups is 2. The van der Waals surface area contributed by atoms with Gasteiger partial charge >= 0.3 is 0 Å². The molecule has 24 heavy (non-hydrogen) atoms. The highest BCUT2D eigenvalue weighted by Crippen LogP contribution is 2.09. The number of nitrogens with two attached hydrogens (primary N) is 1. The van der Waals surface area contributed by atoms with Crippen molar-refractivity contribution in [2.75, 3.05) is 39.9 Å². The summed E-state index contributed by atoms with van der Waals surface area (Å²) in [6.07, 6.45) is 0. The van der Waals surface area contributed by atoms with Crippen LogP contribution in [0.5, 0.6) is 0 Å². The Labute approximate surface area is 141 Å². The molecule has 1 aliphatic heterocycles. The number of rotatable bonds is 6. The van der Waals surface area contributed by atoms with E-state index in [9.17, 15) is 9.59 Å². The number of ether oxygens (including phenoxy) is 1. The standard InChI is InChI=1S/C16H23N5O3/c1-24-9-7-19-16(17)20-10-12-2-4-13(5-3-12)15(23)21-8-6-18-14(22)11-21/h2-5H,6-11H2,1H3,(H,18,22)(H3,17,19,20). The zero-order valence-corrected chi connectivity index (χ0v) is 13.7. The van der Waals surface area contributed by atoms with Gasteiger partial charge in [-0.05, 0) is 17.7 Å². The van der Waals surface area contributed by atoms with Crippen LogP contribution in [0.1, 0.15) is 15.9 Å². The van der Waals surface area contributed by atoms with Crippen LogP contribution in [0, 0.1) is 0 Å². The van der Waals surface area contributed by atoms with Crippen LogP contribution in [0.4, 0.5) is 0 Å². The van der Waals surface area contributed by atoms with Crippen molar-refractivity contribution >= 4 is 17.8 Å². The van der Waals surface area contributed by atoms with E-state index in [1.165, 1.54) is 0 Å². The molecule has 1 fully saturated rings. The quantitative estimate of drug-likeness (QED) is 0.363. The minimum atomic E-state index is -0.138. The Kier molecular flexibility index (Phi) is 6.56. The number of benzene rings is 1. The van der Waals surface area contributed by atoms with Crippen LogP contribution in [0.25, 0.3) is 0 Å². The molecule has 0 aromatic heterocycles. The van der Waals surface area contributed by atoms with E-state index < -0.39 is 0 Å². The molecule has 1 aliphatic rings. The molecular formula is C16H23N5O3. The second kappa shape index (κ2) is 8.88. The van der Waals surface area contributed by atoms with Gasteiger partial charge in [-0.2, -0.15) is 0 Å². The fourth-order valence-electron chi connectivity index (χ4n) is 2.26. The fraction of sp³-hybridized carbons (Fsp3) is 0.438. The van der Waals surface area contributed by atoms with Crippen molar-refractivity contribution in [2.45, 2.75) is 6.54 Å². The highest BCUT2D eigenvalue weighted by atomic mass is 16.5. The van der Waals surface area contributed by atoms with E-state index in [0.717, 1.165) is 5.56 Å². The molecule has 2 rings (SSSR count). The molecule has 1 aromatic carbocycles. The summed E-state index contributed by atoms with van der Waals surface area (Å²) in [6.45, 7) is 2.71. The lowest BCUT2D eigenvalue weighted by molar-refractivity contribution is -0.123. The third-order valence-corrected chi connectivity index (χ3v) is 3.57. The first-order chi connectivity index (χ1) is 11.6. The number of amides is 2. The minimum Gasteiger partial charge on any atom is -0.383 e. The molecule has 8 nitrogen and oxygen atoms in total. The fourth-order valence-corrected chi connectivity index (χ4v) is 2.26. The van der Waals surface area contributed by atoms with Crippen LogP contribution >= 0.6 is 0 Å². The summed E-state index contributed by atoms with van der Waals surface area (Å²) in [7, 11) is 1.62. The molecule has 130 valence electrons. The summed E-state index contributed by atoms with van der Waals surface area (Å²) < 4.78 is 4.91. The van der Waals surface area contributed by atoms with Gasteiger partial charge in [0, 0.05) is 32.3 Å². The summed E-state index contributed by atoms with van der Waals surface area (Å²) in [6, 6.07) is 7.16. The maximum Gasteiger partial charge on any atom is 0.254 e. The number of guanidine groups is 1. The topological polar surface area (TPSA) is 109 Å². The molecule has 4 N–H and O–H groups in total. The Morgan fingerprint density at radius 1 is 1.42 bits per heavy atom. The first-order valence-electron chi connectivity index (χ1n) is 7.78. The largest absolute Gasteiger partial charge is 0.383 e. The van der Waals surface area contributed by atoms with Gasteiger partial charge in [0.1, 0.15) is 0 Å². The van der Waals surface area contributed by atoms with E-state index in [4.69, 9.17) is 10.5 Å². The zero-order chi connectivity index (χ0) is 17.4. The summed E-state index contributed by atoms with van der Waals surface area (Å²) in [5.74, 6) is 0.0872. The van der Waals surface area contributed by atoms with Crippen LogP contribution in [-0.2, 0) is 16.1 Å². The zero-order valence-electron chi connectivity index (χ0n) is 13.7. The third kappa shape index (κ3) is 5.24. The molecule has 0 radical (unpaired) electrons. The Balaban J connectivity index is 1.89. The van der Waals surface area contributed by atoms with Gasteiger partial charge in [-0.15, -0.1) is 0 Å². The predicted octanol–water partition coefficient (Wildman–Crippen LogP) is -0.691. The number of carbonyl (C=O) groups excluding carboxylic acids is 2. The van der Waals surface area contributed by atoms with E-state index in [0.29, 0.717) is 44.3 Å². The van der Waals surface area contributed by atoms with E-state index in [1.54, 1.807) is 24.1 Å². The van der Waals surface area contributed by atoms with Crippen molar-refractivity contribution in [3.63, 3.8) is 0 Å². The monoisotopic (exact) mass is 333 g/mol. The maximum atomic E-state index is 12.3. The van der Waals surface area contributed by atoms with Crippen molar-refractivity contribution in [2.24, 2.45) is 10.7 Å². The second-order valence-corrected chi connectivity index (χ2v) is 5.39. The summed E-state index contributed by atoms with van der Waals surface area (Å²) in [5, 5.41) is 5.63. The average Bonchev–Trinajstić information content (AvgIpc) is 2.60. The van der Waals surface area contributed by atoms with Crippen molar-refractivity contribution in [1.29, 1.82) is 0 Å². The molecule has 0 unspecified atom stereocenters. The van der Waals surface area contributed by atoms with Gasteiger partial charge in [-0.3, -0.25) is 9.59 Å². The highest BCUT2D eigenvalue weighted by molar-refractivity contribution is 5.97. The Bertz CT molecular complexity index is 600. The Morgan fingerprint density at radius 2 is 2.17 bits per heavy atom. The number of nitrogens with one attached hydrogen (secondary N) is 2. The van der Waals surface area contributed by atoms with Gasteiger partial charge in [-0.25, -0.2) is 4.99 Å². The van der Waals surface area contributed by atoms with Crippen LogP contribution in [0.15, 0.2) is 29.3 Å². The number of nitrogens with zero attached hydrogens (tertiary/aromatic N) is 2. The van der Waals surface area contributed by atoms with Crippen molar-refractivity contribution in [1.82, 2.24) is 15.5 Å². The molecule has 1 heterocycles. The van der Waals surface area contributed by atoms with Crippen molar-refractivity contribution in [3.05, 3.63) is 35.4 Å². The summed E-state index contributed by atoms with van der Waals surface area (Å²) in [5.41, 5.74) is 7.24. The van der Waals surface area contributed by atoms with Gasteiger partial charge in [-0.1, -0.05) is 12.1 Å². The molecular weight excluding hydrogens is 310 g/mol. The number of methoxy groups -OCH3 is 1. The smallest absolute Gasteiger partial charge is 0.254 e. The van der Waals surface area contributed by atoms with E-state index >= 15 is 0 Å². The van der Waals surface area contributed by atoms with Gasteiger partial charge in [0.25, 0.3) is 5.91 Å². The second-order valence-electron chi connectivity index (χ2n) is 5.39. The Morgan fingerprint density at radius 3 is 2.83 bits per heavy atom. The molecule has 0 atom stereocenters. The number of aliphatic imine (C=N–C) groups is 1. The third-order valence-electron chi connectivity index (χ3n) is 3.57. The maximum absolute atomic E-state index is 12.3. The van der Waals surface area contributed by atoms with Crippen molar-refractivity contribution < 1.29 is 14.3 Å². The van der Waals surface area contributed by atoms with Crippen LogP contribution in [-0.4, -0.2) is 62.6 Å². The normalized spacial score (nSPS) is 15.1. The summed E-state index contributed by atoms with van der Waals surface area (Å²) >= 11 is 0. The molecule has 1 saturated heterocycles. The van der Waals surface area contributed by atoms with Crippen LogP contribution in [0.3, 0.4) is 0 Å². The average molecular weight is 333 g/mol. The SMILES string of the molecule is COCCNC(N)=NCc1ccc(C(=O)N2CCNC(=O)C2)cc1. The van der Waals surface area contributed by atoms with Gasteiger partial charge < -0.3 is 26.0 Å². The van der Waals surface area contributed by atoms with E-state index in [1.807, 2.05) is 12.1 Å².